The molecule has 1 amide bonds. The van der Waals surface area contributed by atoms with Crippen molar-refractivity contribution >= 4 is 54.9 Å². The molecule has 1 aliphatic heterocycles. The van der Waals surface area contributed by atoms with Crippen LogP contribution in [0.5, 0.6) is 0 Å². The molecule has 4 nitrogen and oxygen atoms in total. The molecule has 1 aromatic rings. The number of benzene rings is 1. The fourth-order valence-electron chi connectivity index (χ4n) is 1.86. The summed E-state index contributed by atoms with van der Waals surface area (Å²) in [5.41, 5.74) is 0.387. The molecule has 2 atom stereocenters. The molecule has 1 N–H and O–H groups in total. The molecule has 2 unspecified atom stereocenters. The molecule has 0 aliphatic carbocycles. The second-order valence-corrected chi connectivity index (χ2v) is 8.30. The monoisotopic (exact) mass is 385 g/mol. The van der Waals surface area contributed by atoms with Gasteiger partial charge in [-0.15, -0.1) is 11.6 Å². The van der Waals surface area contributed by atoms with Gasteiger partial charge in [0.1, 0.15) is 0 Å². The van der Waals surface area contributed by atoms with Gasteiger partial charge in [0.25, 0.3) is 5.91 Å². The summed E-state index contributed by atoms with van der Waals surface area (Å²) in [6.45, 7) is 0. The van der Waals surface area contributed by atoms with Crippen LogP contribution in [0.2, 0.25) is 5.02 Å². The fourth-order valence-corrected chi connectivity index (χ4v) is 5.27. The quantitative estimate of drug-likeness (QED) is 0.792. The Morgan fingerprint density at radius 2 is 2.05 bits per heavy atom. The Labute approximate surface area is 129 Å². The van der Waals surface area contributed by atoms with E-state index in [1.54, 1.807) is 18.2 Å². The molecule has 1 fully saturated rings. The molecule has 2 rings (SSSR count). The predicted octanol–water partition coefficient (Wildman–Crippen LogP) is 2.24. The van der Waals surface area contributed by atoms with Gasteiger partial charge in [-0.25, -0.2) is 8.42 Å². The maximum atomic E-state index is 12.1. The fraction of sp³-hybridized carbons (Fsp3) is 0.364. The summed E-state index contributed by atoms with van der Waals surface area (Å²) in [6, 6.07) is 4.18. The van der Waals surface area contributed by atoms with Crippen molar-refractivity contribution in [1.29, 1.82) is 0 Å². The summed E-state index contributed by atoms with van der Waals surface area (Å²) in [5, 5.41) is 2.54. The molecule has 1 aromatic carbocycles. The highest BCUT2D eigenvalue weighted by atomic mass is 79.9. The molecule has 1 saturated heterocycles. The van der Waals surface area contributed by atoms with E-state index in [4.69, 9.17) is 23.2 Å². The van der Waals surface area contributed by atoms with Crippen LogP contribution in [-0.2, 0) is 9.84 Å². The highest BCUT2D eigenvalue weighted by Gasteiger charge is 2.37. The third-order valence-electron chi connectivity index (χ3n) is 2.78. The van der Waals surface area contributed by atoms with Crippen molar-refractivity contribution in [2.24, 2.45) is 0 Å². The van der Waals surface area contributed by atoms with Crippen LogP contribution in [0.25, 0.3) is 0 Å². The summed E-state index contributed by atoms with van der Waals surface area (Å²) in [5.74, 6) is -0.615. The minimum Gasteiger partial charge on any atom is -0.347 e. The number of rotatable bonds is 2. The van der Waals surface area contributed by atoms with Crippen molar-refractivity contribution in [3.63, 3.8) is 0 Å². The molecule has 0 saturated carbocycles. The number of halogens is 3. The van der Waals surface area contributed by atoms with E-state index in [0.29, 0.717) is 15.1 Å². The van der Waals surface area contributed by atoms with Crippen LogP contribution in [0.1, 0.15) is 10.4 Å². The van der Waals surface area contributed by atoms with Gasteiger partial charge in [0.2, 0.25) is 0 Å². The number of nitrogens with one attached hydrogen (secondary N) is 1. The number of sulfone groups is 1. The van der Waals surface area contributed by atoms with Crippen LogP contribution in [-0.4, -0.2) is 37.2 Å². The Morgan fingerprint density at radius 3 is 2.58 bits per heavy atom. The van der Waals surface area contributed by atoms with E-state index in [-0.39, 0.29) is 17.4 Å². The minimum absolute atomic E-state index is 0.110. The van der Waals surface area contributed by atoms with Crippen LogP contribution in [0.15, 0.2) is 22.7 Å². The first kappa shape index (κ1) is 15.1. The van der Waals surface area contributed by atoms with Gasteiger partial charge in [-0.3, -0.25) is 4.79 Å². The van der Waals surface area contributed by atoms with E-state index in [1.165, 1.54) is 0 Å². The van der Waals surface area contributed by atoms with Crippen molar-refractivity contribution in [2.75, 3.05) is 11.5 Å². The lowest BCUT2D eigenvalue weighted by Gasteiger charge is -2.15. The van der Waals surface area contributed by atoms with Gasteiger partial charge >= 0.3 is 0 Å². The normalized spacial score (nSPS) is 25.2. The van der Waals surface area contributed by atoms with Gasteiger partial charge < -0.3 is 5.32 Å². The van der Waals surface area contributed by atoms with Crippen LogP contribution in [0, 0.1) is 0 Å². The number of carbonyl (C=O) groups is 1. The average Bonchev–Trinajstić information content (AvgIpc) is 2.51. The maximum absolute atomic E-state index is 12.1. The van der Waals surface area contributed by atoms with Crippen molar-refractivity contribution in [2.45, 2.75) is 11.4 Å². The molecule has 8 heteroatoms. The molecule has 0 bridgehead atoms. The molecule has 1 aliphatic rings. The van der Waals surface area contributed by atoms with E-state index in [9.17, 15) is 13.2 Å². The Hall–Kier alpha value is -0.300. The second kappa shape index (κ2) is 5.60. The van der Waals surface area contributed by atoms with Gasteiger partial charge in [0.05, 0.1) is 28.5 Å². The maximum Gasteiger partial charge on any atom is 0.252 e. The summed E-state index contributed by atoms with van der Waals surface area (Å²) in [4.78, 5) is 12.1. The first-order valence-corrected chi connectivity index (χ1v) is 8.82. The van der Waals surface area contributed by atoms with Gasteiger partial charge in [0, 0.05) is 9.50 Å². The molecular formula is C11H10BrCl2NO3S. The van der Waals surface area contributed by atoms with Crippen molar-refractivity contribution in [1.82, 2.24) is 5.32 Å². The van der Waals surface area contributed by atoms with Crippen LogP contribution in [0.3, 0.4) is 0 Å². The molecular weight excluding hydrogens is 377 g/mol. The molecule has 1 heterocycles. The Morgan fingerprint density at radius 1 is 1.37 bits per heavy atom. The Kier molecular flexibility index (Phi) is 4.45. The predicted molar refractivity (Wildman–Crippen MR) is 78.7 cm³/mol. The minimum atomic E-state index is -3.17. The largest absolute Gasteiger partial charge is 0.347 e. The smallest absolute Gasteiger partial charge is 0.252 e. The lowest BCUT2D eigenvalue weighted by atomic mass is 10.2. The lowest BCUT2D eigenvalue weighted by Crippen LogP contribution is -2.40. The van der Waals surface area contributed by atoms with Crippen LogP contribution >= 0.6 is 39.1 Å². The first-order chi connectivity index (χ1) is 8.78. The highest BCUT2D eigenvalue weighted by Crippen LogP contribution is 2.23. The third-order valence-corrected chi connectivity index (χ3v) is 6.04. The topological polar surface area (TPSA) is 63.2 Å². The van der Waals surface area contributed by atoms with E-state index in [2.05, 4.69) is 21.2 Å². The highest BCUT2D eigenvalue weighted by molar-refractivity contribution is 9.10. The number of carbonyl (C=O) groups excluding carboxylic acids is 1. The zero-order valence-corrected chi connectivity index (χ0v) is 13.5. The van der Waals surface area contributed by atoms with Gasteiger partial charge in [-0.1, -0.05) is 11.6 Å². The summed E-state index contributed by atoms with van der Waals surface area (Å²) >= 11 is 15.0. The van der Waals surface area contributed by atoms with E-state index < -0.39 is 21.3 Å². The number of hydrogen-bond donors (Lipinski definition) is 1. The molecule has 19 heavy (non-hydrogen) atoms. The number of amides is 1. The second-order valence-electron chi connectivity index (χ2n) is 4.30. The van der Waals surface area contributed by atoms with Crippen LogP contribution < -0.4 is 5.32 Å². The lowest BCUT2D eigenvalue weighted by molar-refractivity contribution is 0.0941. The summed E-state index contributed by atoms with van der Waals surface area (Å²) in [6.07, 6.45) is 0. The zero-order chi connectivity index (χ0) is 14.2. The van der Waals surface area contributed by atoms with Crippen molar-refractivity contribution in [3.8, 4) is 0 Å². The Bertz CT molecular complexity index is 620. The first-order valence-electron chi connectivity index (χ1n) is 5.39. The van der Waals surface area contributed by atoms with Crippen molar-refractivity contribution < 1.29 is 13.2 Å². The Balaban J connectivity index is 2.14. The number of hydrogen-bond acceptors (Lipinski definition) is 3. The van der Waals surface area contributed by atoms with Gasteiger partial charge in [0.15, 0.2) is 9.84 Å². The molecule has 0 aromatic heterocycles. The molecule has 0 spiro atoms. The van der Waals surface area contributed by atoms with Gasteiger partial charge in [-0.05, 0) is 34.1 Å². The summed E-state index contributed by atoms with van der Waals surface area (Å²) < 4.78 is 23.4. The standard InChI is InChI=1S/C11H10BrCl2NO3S/c12-8-3-6(13)1-2-7(8)11(16)15-10-5-19(17,18)4-9(10)14/h1-3,9-10H,4-5H2,(H,15,16). The average molecular weight is 387 g/mol. The van der Waals surface area contributed by atoms with Crippen molar-refractivity contribution in [3.05, 3.63) is 33.3 Å². The summed E-state index contributed by atoms with van der Waals surface area (Å²) in [7, 11) is -3.17. The van der Waals surface area contributed by atoms with Crippen LogP contribution in [0.4, 0.5) is 0 Å². The van der Waals surface area contributed by atoms with E-state index in [1.807, 2.05) is 0 Å². The van der Waals surface area contributed by atoms with E-state index >= 15 is 0 Å². The van der Waals surface area contributed by atoms with E-state index in [0.717, 1.165) is 0 Å². The zero-order valence-electron chi connectivity index (χ0n) is 9.57. The SMILES string of the molecule is O=C(NC1CS(=O)(=O)CC1Cl)c1ccc(Cl)cc1Br. The molecule has 0 radical (unpaired) electrons. The number of alkyl halides is 1. The molecule has 104 valence electrons. The van der Waals surface area contributed by atoms with Gasteiger partial charge in [-0.2, -0.15) is 0 Å². The third kappa shape index (κ3) is 3.62.